The highest BCUT2D eigenvalue weighted by atomic mass is 16.5. The first kappa shape index (κ1) is 21.0. The Kier molecular flexibility index (Phi) is 8.61. The summed E-state index contributed by atoms with van der Waals surface area (Å²) in [5.74, 6) is 0.870. The highest BCUT2D eigenvalue weighted by Gasteiger charge is 2.07. The van der Waals surface area contributed by atoms with Gasteiger partial charge in [-0.3, -0.25) is 0 Å². The lowest BCUT2D eigenvalue weighted by atomic mass is 10.1. The average Bonchev–Trinajstić information content (AvgIpc) is 2.72. The van der Waals surface area contributed by atoms with Crippen LogP contribution in [-0.4, -0.2) is 19.2 Å². The van der Waals surface area contributed by atoms with Gasteiger partial charge in [-0.1, -0.05) is 37.6 Å². The van der Waals surface area contributed by atoms with Crippen molar-refractivity contribution in [3.05, 3.63) is 65.2 Å². The molecular formula is C23H25NO4. The number of hydrogen-bond acceptors (Lipinski definition) is 5. The zero-order valence-corrected chi connectivity index (χ0v) is 16.3. The predicted molar refractivity (Wildman–Crippen MR) is 108 cm³/mol. The van der Waals surface area contributed by atoms with Gasteiger partial charge in [0.25, 0.3) is 0 Å². The summed E-state index contributed by atoms with van der Waals surface area (Å²) in [6.07, 6.45) is 5.06. The lowest BCUT2D eigenvalue weighted by molar-refractivity contribution is -0.138. The number of carbonyl (C=O) groups is 1. The SMILES string of the molecule is CCCCOc1ccc(/C=C/C(=O)OCc2ccccc2C#N)cc1OCC. The van der Waals surface area contributed by atoms with Gasteiger partial charge in [-0.25, -0.2) is 4.79 Å². The fourth-order valence-corrected chi connectivity index (χ4v) is 2.46. The van der Waals surface area contributed by atoms with Crippen LogP contribution in [0.1, 0.15) is 43.4 Å². The van der Waals surface area contributed by atoms with Crippen LogP contribution in [0, 0.1) is 11.3 Å². The Hall–Kier alpha value is -3.26. The Morgan fingerprint density at radius 3 is 2.68 bits per heavy atom. The lowest BCUT2D eigenvalue weighted by Crippen LogP contribution is -2.02. The van der Waals surface area contributed by atoms with E-state index in [2.05, 4.69) is 13.0 Å². The Morgan fingerprint density at radius 1 is 1.11 bits per heavy atom. The molecule has 0 saturated heterocycles. The first-order valence-electron chi connectivity index (χ1n) is 9.40. The van der Waals surface area contributed by atoms with E-state index < -0.39 is 5.97 Å². The van der Waals surface area contributed by atoms with E-state index in [9.17, 15) is 4.79 Å². The van der Waals surface area contributed by atoms with Crippen LogP contribution >= 0.6 is 0 Å². The largest absolute Gasteiger partial charge is 0.490 e. The third-order valence-electron chi connectivity index (χ3n) is 3.94. The number of unbranched alkanes of at least 4 members (excludes halogenated alkanes) is 1. The predicted octanol–water partition coefficient (Wildman–Crippen LogP) is 4.89. The molecular weight excluding hydrogens is 354 g/mol. The minimum atomic E-state index is -0.478. The van der Waals surface area contributed by atoms with Crippen LogP contribution in [0.2, 0.25) is 0 Å². The van der Waals surface area contributed by atoms with Gasteiger partial charge in [-0.15, -0.1) is 0 Å². The molecule has 2 aromatic rings. The molecule has 5 heteroatoms. The van der Waals surface area contributed by atoms with E-state index in [-0.39, 0.29) is 6.61 Å². The molecule has 0 aliphatic heterocycles. The number of ether oxygens (including phenoxy) is 3. The molecule has 0 heterocycles. The van der Waals surface area contributed by atoms with E-state index in [1.165, 1.54) is 6.08 Å². The summed E-state index contributed by atoms with van der Waals surface area (Å²) in [6, 6.07) is 14.7. The van der Waals surface area contributed by atoms with Gasteiger partial charge in [0.05, 0.1) is 24.8 Å². The molecule has 5 nitrogen and oxygen atoms in total. The third kappa shape index (κ3) is 6.48. The minimum absolute atomic E-state index is 0.0569. The van der Waals surface area contributed by atoms with E-state index in [1.54, 1.807) is 30.3 Å². The van der Waals surface area contributed by atoms with Gasteiger partial charge < -0.3 is 14.2 Å². The van der Waals surface area contributed by atoms with Gasteiger partial charge >= 0.3 is 5.97 Å². The molecule has 28 heavy (non-hydrogen) atoms. The maximum absolute atomic E-state index is 12.0. The number of benzene rings is 2. The summed E-state index contributed by atoms with van der Waals surface area (Å²) in [5.41, 5.74) is 1.99. The maximum Gasteiger partial charge on any atom is 0.331 e. The summed E-state index contributed by atoms with van der Waals surface area (Å²) >= 11 is 0. The zero-order chi connectivity index (χ0) is 20.2. The normalized spacial score (nSPS) is 10.5. The molecule has 0 fully saturated rings. The van der Waals surface area contributed by atoms with Crippen molar-refractivity contribution in [1.82, 2.24) is 0 Å². The molecule has 0 aliphatic rings. The van der Waals surface area contributed by atoms with E-state index in [0.717, 1.165) is 18.4 Å². The monoisotopic (exact) mass is 379 g/mol. The second-order valence-corrected chi connectivity index (χ2v) is 6.05. The molecule has 0 spiro atoms. The summed E-state index contributed by atoms with van der Waals surface area (Å²) in [6.45, 7) is 5.24. The van der Waals surface area contributed by atoms with Crippen LogP contribution < -0.4 is 9.47 Å². The van der Waals surface area contributed by atoms with Gasteiger partial charge in [-0.2, -0.15) is 5.26 Å². The molecule has 0 aromatic heterocycles. The fraction of sp³-hybridized carbons (Fsp3) is 0.304. The minimum Gasteiger partial charge on any atom is -0.490 e. The molecule has 2 rings (SSSR count). The smallest absolute Gasteiger partial charge is 0.331 e. The topological polar surface area (TPSA) is 68.5 Å². The molecule has 0 unspecified atom stereocenters. The number of hydrogen-bond donors (Lipinski definition) is 0. The number of esters is 1. The van der Waals surface area contributed by atoms with Crippen molar-refractivity contribution in [2.45, 2.75) is 33.3 Å². The zero-order valence-electron chi connectivity index (χ0n) is 16.3. The number of rotatable bonds is 10. The molecule has 0 amide bonds. The second-order valence-electron chi connectivity index (χ2n) is 6.05. The second kappa shape index (κ2) is 11.5. The molecule has 2 aromatic carbocycles. The van der Waals surface area contributed by atoms with Crippen LogP contribution in [0.3, 0.4) is 0 Å². The summed E-state index contributed by atoms with van der Waals surface area (Å²) in [5, 5.41) is 9.07. The standard InChI is InChI=1S/C23H25NO4/c1-3-5-14-27-21-12-10-18(15-22(21)26-4-2)11-13-23(25)28-17-20-9-7-6-8-19(20)16-24/h6-13,15H,3-5,14,17H2,1-2H3/b13-11+. The lowest BCUT2D eigenvalue weighted by Gasteiger charge is -2.12. The van der Waals surface area contributed by atoms with Crippen molar-refractivity contribution in [1.29, 1.82) is 5.26 Å². The Morgan fingerprint density at radius 2 is 1.93 bits per heavy atom. The van der Waals surface area contributed by atoms with Crippen LogP contribution in [0.5, 0.6) is 11.5 Å². The maximum atomic E-state index is 12.0. The van der Waals surface area contributed by atoms with Crippen molar-refractivity contribution >= 4 is 12.0 Å². The molecule has 0 N–H and O–H groups in total. The molecule has 0 saturated carbocycles. The molecule has 146 valence electrons. The highest BCUT2D eigenvalue weighted by molar-refractivity contribution is 5.87. The highest BCUT2D eigenvalue weighted by Crippen LogP contribution is 2.29. The Labute approximate surface area is 166 Å². The summed E-state index contributed by atoms with van der Waals surface area (Å²) in [4.78, 5) is 12.0. The van der Waals surface area contributed by atoms with Gasteiger partial charge in [-0.05, 0) is 43.2 Å². The van der Waals surface area contributed by atoms with E-state index in [4.69, 9.17) is 19.5 Å². The molecule has 0 bridgehead atoms. The number of carbonyl (C=O) groups excluding carboxylic acids is 1. The Bertz CT molecular complexity index is 852. The third-order valence-corrected chi connectivity index (χ3v) is 3.94. The number of nitrogens with zero attached hydrogens (tertiary/aromatic N) is 1. The first-order chi connectivity index (χ1) is 13.7. The van der Waals surface area contributed by atoms with Crippen molar-refractivity contribution in [2.24, 2.45) is 0 Å². The van der Waals surface area contributed by atoms with Gasteiger partial charge in [0.15, 0.2) is 11.5 Å². The van der Waals surface area contributed by atoms with E-state index in [1.807, 2.05) is 25.1 Å². The fourth-order valence-electron chi connectivity index (χ4n) is 2.46. The van der Waals surface area contributed by atoms with Crippen molar-refractivity contribution in [2.75, 3.05) is 13.2 Å². The first-order valence-corrected chi connectivity index (χ1v) is 9.40. The summed E-state index contributed by atoms with van der Waals surface area (Å²) in [7, 11) is 0. The van der Waals surface area contributed by atoms with Crippen LogP contribution in [0.25, 0.3) is 6.08 Å². The summed E-state index contributed by atoms with van der Waals surface area (Å²) < 4.78 is 16.6. The molecule has 0 radical (unpaired) electrons. The van der Waals surface area contributed by atoms with Gasteiger partial charge in [0, 0.05) is 11.6 Å². The van der Waals surface area contributed by atoms with Crippen molar-refractivity contribution in [3.63, 3.8) is 0 Å². The van der Waals surface area contributed by atoms with Crippen LogP contribution in [-0.2, 0) is 16.1 Å². The molecule has 0 atom stereocenters. The number of nitriles is 1. The van der Waals surface area contributed by atoms with Crippen molar-refractivity contribution in [3.8, 4) is 17.6 Å². The van der Waals surface area contributed by atoms with E-state index in [0.29, 0.717) is 35.8 Å². The quantitative estimate of drug-likeness (QED) is 0.334. The average molecular weight is 379 g/mol. The van der Waals surface area contributed by atoms with Gasteiger partial charge in [0.1, 0.15) is 6.61 Å². The van der Waals surface area contributed by atoms with Crippen molar-refractivity contribution < 1.29 is 19.0 Å². The molecule has 0 aliphatic carbocycles. The van der Waals surface area contributed by atoms with Crippen LogP contribution in [0.15, 0.2) is 48.5 Å². The van der Waals surface area contributed by atoms with E-state index >= 15 is 0 Å². The Balaban J connectivity index is 1.99. The van der Waals surface area contributed by atoms with Gasteiger partial charge in [0.2, 0.25) is 0 Å². The van der Waals surface area contributed by atoms with Crippen LogP contribution in [0.4, 0.5) is 0 Å².